The molecule has 0 heterocycles. The van der Waals surface area contributed by atoms with Crippen LogP contribution in [0.4, 0.5) is 0 Å². The van der Waals surface area contributed by atoms with E-state index >= 15 is 0 Å². The molecule has 2 fully saturated rings. The van der Waals surface area contributed by atoms with Gasteiger partial charge in [-0.3, -0.25) is 0 Å². The summed E-state index contributed by atoms with van der Waals surface area (Å²) in [6.07, 6.45) is 12.7. The fourth-order valence-corrected chi connectivity index (χ4v) is 3.77. The Bertz CT molecular complexity index is 248. The minimum Gasteiger partial charge on any atom is -0.377 e. The standard InChI is InChI=1S/C17H33NO/c1-17(2)11-9-15(10-12-17)19-13-16(18-3)14-7-5-4-6-8-14/h14-16,18H,4-13H2,1-3H3. The van der Waals surface area contributed by atoms with E-state index in [2.05, 4.69) is 26.2 Å². The highest BCUT2D eigenvalue weighted by atomic mass is 16.5. The highest BCUT2D eigenvalue weighted by Crippen LogP contribution is 2.36. The van der Waals surface area contributed by atoms with Crippen LogP contribution in [0, 0.1) is 11.3 Å². The molecule has 2 aliphatic carbocycles. The van der Waals surface area contributed by atoms with E-state index < -0.39 is 0 Å². The Labute approximate surface area is 119 Å². The van der Waals surface area contributed by atoms with Crippen molar-refractivity contribution in [1.82, 2.24) is 5.32 Å². The van der Waals surface area contributed by atoms with Crippen molar-refractivity contribution in [2.75, 3.05) is 13.7 Å². The van der Waals surface area contributed by atoms with E-state index in [-0.39, 0.29) is 0 Å². The van der Waals surface area contributed by atoms with Crippen LogP contribution in [-0.4, -0.2) is 25.8 Å². The normalized spacial score (nSPS) is 27.3. The van der Waals surface area contributed by atoms with Gasteiger partial charge in [-0.2, -0.15) is 0 Å². The first-order valence-electron chi connectivity index (χ1n) is 8.39. The lowest BCUT2D eigenvalue weighted by atomic mass is 9.76. The van der Waals surface area contributed by atoms with Crippen molar-refractivity contribution in [3.63, 3.8) is 0 Å². The van der Waals surface area contributed by atoms with E-state index in [4.69, 9.17) is 4.74 Å². The first-order chi connectivity index (χ1) is 9.11. The summed E-state index contributed by atoms with van der Waals surface area (Å²) in [6, 6.07) is 0.579. The van der Waals surface area contributed by atoms with Crippen molar-refractivity contribution in [3.05, 3.63) is 0 Å². The van der Waals surface area contributed by atoms with Gasteiger partial charge >= 0.3 is 0 Å². The fourth-order valence-electron chi connectivity index (χ4n) is 3.77. The van der Waals surface area contributed by atoms with Gasteiger partial charge in [0.15, 0.2) is 0 Å². The molecule has 0 spiro atoms. The number of ether oxygens (including phenoxy) is 1. The SMILES string of the molecule is CNC(COC1CCC(C)(C)CC1)C1CCCCC1. The smallest absolute Gasteiger partial charge is 0.0625 e. The molecule has 0 aromatic rings. The third kappa shape index (κ3) is 4.75. The van der Waals surface area contributed by atoms with Crippen molar-refractivity contribution in [2.24, 2.45) is 11.3 Å². The van der Waals surface area contributed by atoms with Crippen LogP contribution in [0.2, 0.25) is 0 Å². The van der Waals surface area contributed by atoms with Crippen molar-refractivity contribution in [3.8, 4) is 0 Å². The van der Waals surface area contributed by atoms with E-state index in [0.717, 1.165) is 12.5 Å². The molecule has 0 aromatic carbocycles. The fraction of sp³-hybridized carbons (Fsp3) is 1.00. The molecule has 0 radical (unpaired) electrons. The summed E-state index contributed by atoms with van der Waals surface area (Å²) in [5.41, 5.74) is 0.547. The molecular formula is C17H33NO. The number of hydrogen-bond acceptors (Lipinski definition) is 2. The second-order valence-electron chi connectivity index (χ2n) is 7.49. The second-order valence-corrected chi connectivity index (χ2v) is 7.49. The molecule has 1 N–H and O–H groups in total. The monoisotopic (exact) mass is 267 g/mol. The zero-order valence-electron chi connectivity index (χ0n) is 13.2. The minimum atomic E-state index is 0.521. The van der Waals surface area contributed by atoms with Crippen LogP contribution >= 0.6 is 0 Å². The van der Waals surface area contributed by atoms with Crippen molar-refractivity contribution < 1.29 is 4.74 Å². The molecule has 2 aliphatic rings. The van der Waals surface area contributed by atoms with E-state index in [0.29, 0.717) is 17.6 Å². The zero-order chi connectivity index (χ0) is 13.7. The molecule has 1 unspecified atom stereocenters. The number of likely N-dealkylation sites (N-methyl/N-ethyl adjacent to an activating group) is 1. The van der Waals surface area contributed by atoms with Crippen molar-refractivity contribution in [1.29, 1.82) is 0 Å². The summed E-state index contributed by atoms with van der Waals surface area (Å²) in [7, 11) is 2.10. The van der Waals surface area contributed by atoms with Gasteiger partial charge in [0.05, 0.1) is 12.7 Å². The Morgan fingerprint density at radius 1 is 1.05 bits per heavy atom. The number of nitrogens with one attached hydrogen (secondary N) is 1. The molecule has 0 aromatic heterocycles. The molecule has 2 saturated carbocycles. The summed E-state index contributed by atoms with van der Waals surface area (Å²) < 4.78 is 6.22. The molecule has 2 rings (SSSR count). The largest absolute Gasteiger partial charge is 0.377 e. The van der Waals surface area contributed by atoms with Crippen LogP contribution in [0.15, 0.2) is 0 Å². The van der Waals surface area contributed by atoms with Crippen LogP contribution < -0.4 is 5.32 Å². The van der Waals surface area contributed by atoms with E-state index in [1.165, 1.54) is 57.8 Å². The molecule has 0 amide bonds. The van der Waals surface area contributed by atoms with Gasteiger partial charge in [-0.25, -0.2) is 0 Å². The average molecular weight is 267 g/mol. The summed E-state index contributed by atoms with van der Waals surface area (Å²) in [6.45, 7) is 5.70. The van der Waals surface area contributed by atoms with Crippen LogP contribution in [0.5, 0.6) is 0 Å². The van der Waals surface area contributed by atoms with Gasteiger partial charge in [0.25, 0.3) is 0 Å². The third-order valence-electron chi connectivity index (χ3n) is 5.39. The predicted octanol–water partition coefficient (Wildman–Crippen LogP) is 4.14. The zero-order valence-corrected chi connectivity index (χ0v) is 13.2. The Morgan fingerprint density at radius 2 is 1.68 bits per heavy atom. The van der Waals surface area contributed by atoms with Crippen LogP contribution in [0.1, 0.15) is 71.6 Å². The molecular weight excluding hydrogens is 234 g/mol. The highest BCUT2D eigenvalue weighted by Gasteiger charge is 2.29. The van der Waals surface area contributed by atoms with Crippen LogP contribution in [0.25, 0.3) is 0 Å². The van der Waals surface area contributed by atoms with Gasteiger partial charge in [0, 0.05) is 6.04 Å². The number of rotatable bonds is 5. The first kappa shape index (κ1) is 15.3. The lowest BCUT2D eigenvalue weighted by Crippen LogP contribution is -2.40. The Hall–Kier alpha value is -0.0800. The van der Waals surface area contributed by atoms with Gasteiger partial charge in [-0.05, 0) is 56.9 Å². The van der Waals surface area contributed by atoms with Gasteiger partial charge in [0.1, 0.15) is 0 Å². The number of hydrogen-bond donors (Lipinski definition) is 1. The quantitative estimate of drug-likeness (QED) is 0.808. The summed E-state index contributed by atoms with van der Waals surface area (Å²) in [4.78, 5) is 0. The van der Waals surface area contributed by atoms with E-state index in [1.807, 2.05) is 0 Å². The predicted molar refractivity (Wildman–Crippen MR) is 81.4 cm³/mol. The van der Waals surface area contributed by atoms with Gasteiger partial charge in [-0.1, -0.05) is 33.1 Å². The Morgan fingerprint density at radius 3 is 2.26 bits per heavy atom. The first-order valence-corrected chi connectivity index (χ1v) is 8.39. The Balaban J connectivity index is 1.71. The van der Waals surface area contributed by atoms with Gasteiger partial charge in [0.2, 0.25) is 0 Å². The van der Waals surface area contributed by atoms with Crippen molar-refractivity contribution in [2.45, 2.75) is 83.8 Å². The molecule has 0 saturated heterocycles. The van der Waals surface area contributed by atoms with Crippen molar-refractivity contribution >= 4 is 0 Å². The topological polar surface area (TPSA) is 21.3 Å². The minimum absolute atomic E-state index is 0.521. The molecule has 2 heteroatoms. The third-order valence-corrected chi connectivity index (χ3v) is 5.39. The maximum atomic E-state index is 6.22. The highest BCUT2D eigenvalue weighted by molar-refractivity contribution is 4.81. The molecule has 0 aliphatic heterocycles. The summed E-state index contributed by atoms with van der Waals surface area (Å²) in [5, 5.41) is 3.50. The lowest BCUT2D eigenvalue weighted by Gasteiger charge is -2.36. The molecule has 19 heavy (non-hydrogen) atoms. The molecule has 0 bridgehead atoms. The average Bonchev–Trinajstić information content (AvgIpc) is 2.42. The van der Waals surface area contributed by atoms with E-state index in [9.17, 15) is 0 Å². The van der Waals surface area contributed by atoms with Gasteiger partial charge < -0.3 is 10.1 Å². The maximum Gasteiger partial charge on any atom is 0.0625 e. The van der Waals surface area contributed by atoms with Gasteiger partial charge in [-0.15, -0.1) is 0 Å². The summed E-state index contributed by atoms with van der Waals surface area (Å²) in [5.74, 6) is 0.846. The lowest BCUT2D eigenvalue weighted by molar-refractivity contribution is -0.0138. The molecule has 1 atom stereocenters. The Kier molecular flexibility index (Phi) is 5.70. The molecule has 2 nitrogen and oxygen atoms in total. The van der Waals surface area contributed by atoms with E-state index in [1.54, 1.807) is 0 Å². The maximum absolute atomic E-state index is 6.22. The molecule has 112 valence electrons. The second kappa shape index (κ2) is 7.08. The summed E-state index contributed by atoms with van der Waals surface area (Å²) >= 11 is 0. The van der Waals surface area contributed by atoms with Crippen LogP contribution in [-0.2, 0) is 4.74 Å². The van der Waals surface area contributed by atoms with Crippen LogP contribution in [0.3, 0.4) is 0 Å².